The van der Waals surface area contributed by atoms with Crippen molar-refractivity contribution in [3.05, 3.63) is 35.9 Å². The first-order chi connectivity index (χ1) is 12.4. The normalized spacial score (nSPS) is 28.2. The van der Waals surface area contributed by atoms with E-state index < -0.39 is 55.8 Å². The summed E-state index contributed by atoms with van der Waals surface area (Å²) in [6.07, 6.45) is -6.65. The number of amides is 2. The van der Waals surface area contributed by atoms with Crippen molar-refractivity contribution >= 4 is 12.0 Å². The lowest BCUT2D eigenvalue weighted by Gasteiger charge is -2.40. The molecule has 1 aliphatic rings. The summed E-state index contributed by atoms with van der Waals surface area (Å²) < 4.78 is 9.85. The number of carbonyl (C=O) groups is 2. The molecule has 1 aromatic rings. The lowest BCUT2D eigenvalue weighted by molar-refractivity contribution is -0.253. The highest BCUT2D eigenvalue weighted by atomic mass is 16.6. The van der Waals surface area contributed by atoms with Crippen LogP contribution in [0.4, 0.5) is 4.79 Å². The first-order valence-corrected chi connectivity index (χ1v) is 7.96. The van der Waals surface area contributed by atoms with Crippen molar-refractivity contribution < 1.29 is 39.5 Å². The fraction of sp³-hybridized carbons (Fsp3) is 0.500. The van der Waals surface area contributed by atoms with Gasteiger partial charge < -0.3 is 40.5 Å². The van der Waals surface area contributed by atoms with Gasteiger partial charge in [-0.15, -0.1) is 0 Å². The number of nitrogens with one attached hydrogen (secondary N) is 2. The zero-order valence-electron chi connectivity index (χ0n) is 13.8. The van der Waals surface area contributed by atoms with E-state index in [1.54, 1.807) is 24.3 Å². The number of rotatable bonds is 6. The largest absolute Gasteiger partial charge is 0.445 e. The number of aliphatic hydroxyl groups is 4. The molecule has 0 radical (unpaired) electrons. The van der Waals surface area contributed by atoms with Crippen LogP contribution >= 0.6 is 0 Å². The fourth-order valence-electron chi connectivity index (χ4n) is 2.42. The summed E-state index contributed by atoms with van der Waals surface area (Å²) in [6, 6.07) is 7.65. The minimum Gasteiger partial charge on any atom is -0.445 e. The van der Waals surface area contributed by atoms with Crippen LogP contribution in [0.25, 0.3) is 0 Å². The van der Waals surface area contributed by atoms with E-state index in [1.165, 1.54) is 0 Å². The van der Waals surface area contributed by atoms with Gasteiger partial charge >= 0.3 is 6.09 Å². The van der Waals surface area contributed by atoms with Gasteiger partial charge in [-0.05, 0) is 5.56 Å². The number of benzene rings is 1. The molecule has 1 saturated heterocycles. The van der Waals surface area contributed by atoms with E-state index in [4.69, 9.17) is 14.6 Å². The zero-order chi connectivity index (χ0) is 19.1. The number of ether oxygens (including phenoxy) is 2. The first kappa shape index (κ1) is 20.1. The fourth-order valence-corrected chi connectivity index (χ4v) is 2.42. The van der Waals surface area contributed by atoms with Crippen molar-refractivity contribution in [1.82, 2.24) is 10.6 Å². The first-order valence-electron chi connectivity index (χ1n) is 7.96. The molecule has 10 heteroatoms. The monoisotopic (exact) mass is 370 g/mol. The second kappa shape index (κ2) is 9.46. The predicted octanol–water partition coefficient (Wildman–Crippen LogP) is -2.17. The second-order valence-electron chi connectivity index (χ2n) is 5.74. The standard InChI is InChI=1S/C16H22N2O8/c19-7-10-13(21)14(22)12(15(23)26-10)18-11(20)6-17-16(24)25-8-9-4-2-1-3-5-9/h1-5,10,12-15,19,21-23H,6-8H2,(H,17,24)(H,18,20)/t10-,12+,13+,14-,15-/m0/s1. The zero-order valence-corrected chi connectivity index (χ0v) is 13.8. The maximum absolute atomic E-state index is 11.8. The topological polar surface area (TPSA) is 158 Å². The predicted molar refractivity (Wildman–Crippen MR) is 86.5 cm³/mol. The van der Waals surface area contributed by atoms with Crippen LogP contribution in [-0.4, -0.2) is 76.2 Å². The number of carbonyl (C=O) groups excluding carboxylic acids is 2. The summed E-state index contributed by atoms with van der Waals surface area (Å²) in [5, 5.41) is 42.9. The molecule has 0 spiro atoms. The summed E-state index contributed by atoms with van der Waals surface area (Å²) in [5.74, 6) is -0.733. The van der Waals surface area contributed by atoms with Crippen molar-refractivity contribution in [3.63, 3.8) is 0 Å². The Kier molecular flexibility index (Phi) is 7.30. The van der Waals surface area contributed by atoms with Crippen molar-refractivity contribution in [2.75, 3.05) is 13.2 Å². The van der Waals surface area contributed by atoms with Crippen LogP contribution in [0.3, 0.4) is 0 Å². The summed E-state index contributed by atoms with van der Waals surface area (Å²) in [4.78, 5) is 23.4. The van der Waals surface area contributed by atoms with Crippen molar-refractivity contribution in [3.8, 4) is 0 Å². The molecular weight excluding hydrogens is 348 g/mol. The van der Waals surface area contributed by atoms with Crippen molar-refractivity contribution in [2.45, 2.75) is 37.3 Å². The SMILES string of the molecule is O=C(CNC(=O)OCc1ccccc1)N[C@@H]1[C@H](O)[C@H](O)[C@H](CO)O[C@@H]1O. The molecule has 26 heavy (non-hydrogen) atoms. The smallest absolute Gasteiger partial charge is 0.407 e. The van der Waals surface area contributed by atoms with E-state index in [1.807, 2.05) is 6.07 Å². The highest BCUT2D eigenvalue weighted by Crippen LogP contribution is 2.19. The summed E-state index contributed by atoms with van der Waals surface area (Å²) in [5.41, 5.74) is 0.783. The average molecular weight is 370 g/mol. The Balaban J connectivity index is 1.75. The molecule has 2 rings (SSSR count). The van der Waals surface area contributed by atoms with E-state index in [9.17, 15) is 24.9 Å². The Morgan fingerprint density at radius 2 is 1.81 bits per heavy atom. The Morgan fingerprint density at radius 3 is 2.46 bits per heavy atom. The van der Waals surface area contributed by atoms with Crippen LogP contribution in [0.1, 0.15) is 5.56 Å². The Bertz CT molecular complexity index is 599. The lowest BCUT2D eigenvalue weighted by Crippen LogP contribution is -2.64. The van der Waals surface area contributed by atoms with Crippen LogP contribution in [0, 0.1) is 0 Å². The van der Waals surface area contributed by atoms with Gasteiger partial charge in [0.25, 0.3) is 0 Å². The number of hydrogen-bond acceptors (Lipinski definition) is 8. The third-order valence-corrected chi connectivity index (χ3v) is 3.83. The van der Waals surface area contributed by atoms with Crippen LogP contribution in [0.5, 0.6) is 0 Å². The van der Waals surface area contributed by atoms with Crippen LogP contribution in [0.2, 0.25) is 0 Å². The minimum absolute atomic E-state index is 0.0386. The molecule has 144 valence electrons. The molecular formula is C16H22N2O8. The van der Waals surface area contributed by atoms with Gasteiger partial charge in [0, 0.05) is 0 Å². The van der Waals surface area contributed by atoms with Crippen molar-refractivity contribution in [2.24, 2.45) is 0 Å². The molecule has 0 aliphatic carbocycles. The molecule has 10 nitrogen and oxygen atoms in total. The third kappa shape index (κ3) is 5.38. The number of alkyl carbamates (subject to hydrolysis) is 1. The summed E-state index contributed by atoms with van der Waals surface area (Å²) in [7, 11) is 0. The molecule has 5 atom stereocenters. The third-order valence-electron chi connectivity index (χ3n) is 3.83. The molecule has 6 N–H and O–H groups in total. The maximum atomic E-state index is 11.8. The second-order valence-corrected chi connectivity index (χ2v) is 5.74. The Labute approximate surface area is 149 Å². The summed E-state index contributed by atoms with van der Waals surface area (Å²) in [6.45, 7) is -1.04. The summed E-state index contributed by atoms with van der Waals surface area (Å²) >= 11 is 0. The van der Waals surface area contributed by atoms with E-state index in [-0.39, 0.29) is 6.61 Å². The molecule has 1 aliphatic heterocycles. The minimum atomic E-state index is -1.63. The number of aliphatic hydroxyl groups excluding tert-OH is 4. The van der Waals surface area contributed by atoms with E-state index >= 15 is 0 Å². The molecule has 0 aromatic heterocycles. The molecule has 0 unspecified atom stereocenters. The maximum Gasteiger partial charge on any atom is 0.407 e. The van der Waals surface area contributed by atoms with E-state index in [0.717, 1.165) is 5.56 Å². The Morgan fingerprint density at radius 1 is 1.12 bits per heavy atom. The van der Waals surface area contributed by atoms with E-state index in [2.05, 4.69) is 10.6 Å². The van der Waals surface area contributed by atoms with Gasteiger partial charge in [0.1, 0.15) is 37.5 Å². The van der Waals surface area contributed by atoms with Crippen LogP contribution in [-0.2, 0) is 20.9 Å². The van der Waals surface area contributed by atoms with Gasteiger partial charge in [-0.3, -0.25) is 4.79 Å². The highest BCUT2D eigenvalue weighted by molar-refractivity contribution is 5.82. The van der Waals surface area contributed by atoms with Gasteiger partial charge in [0.2, 0.25) is 5.91 Å². The molecule has 1 heterocycles. The average Bonchev–Trinajstić information content (AvgIpc) is 2.65. The van der Waals surface area contributed by atoms with Gasteiger partial charge in [-0.25, -0.2) is 4.79 Å². The van der Waals surface area contributed by atoms with E-state index in [0.29, 0.717) is 0 Å². The van der Waals surface area contributed by atoms with Gasteiger partial charge in [0.05, 0.1) is 6.61 Å². The molecule has 0 saturated carbocycles. The van der Waals surface area contributed by atoms with Gasteiger partial charge in [-0.2, -0.15) is 0 Å². The van der Waals surface area contributed by atoms with Crippen molar-refractivity contribution in [1.29, 1.82) is 0 Å². The number of hydrogen-bond donors (Lipinski definition) is 6. The lowest BCUT2D eigenvalue weighted by atomic mass is 9.97. The Hall–Kier alpha value is -2.24. The van der Waals surface area contributed by atoms with Gasteiger partial charge in [0.15, 0.2) is 6.29 Å². The molecule has 0 bridgehead atoms. The molecule has 1 fully saturated rings. The quantitative estimate of drug-likeness (QED) is 0.330. The van der Waals surface area contributed by atoms with Crippen LogP contribution in [0.15, 0.2) is 30.3 Å². The highest BCUT2D eigenvalue weighted by Gasteiger charge is 2.44. The van der Waals surface area contributed by atoms with Crippen LogP contribution < -0.4 is 10.6 Å². The van der Waals surface area contributed by atoms with Gasteiger partial charge in [-0.1, -0.05) is 30.3 Å². The molecule has 2 amide bonds. The molecule has 1 aromatic carbocycles.